The summed E-state index contributed by atoms with van der Waals surface area (Å²) in [6, 6.07) is 4.32. The summed E-state index contributed by atoms with van der Waals surface area (Å²) in [5, 5.41) is 2.33. The molecule has 0 spiro atoms. The first-order valence-corrected chi connectivity index (χ1v) is 8.20. The molecule has 4 heteroatoms. The second-order valence-electron chi connectivity index (χ2n) is 6.02. The number of nitrogens with one attached hydrogen (secondary N) is 1. The largest absolute Gasteiger partial charge is 0.494 e. The van der Waals surface area contributed by atoms with Crippen molar-refractivity contribution >= 4 is 0 Å². The monoisotopic (exact) mass is 290 g/mol. The minimum atomic E-state index is 0.278. The minimum absolute atomic E-state index is 0.278. The van der Waals surface area contributed by atoms with Gasteiger partial charge in [-0.15, -0.1) is 0 Å². The summed E-state index contributed by atoms with van der Waals surface area (Å²) in [4.78, 5) is 0. The average molecular weight is 290 g/mol. The number of hydrazine groups is 1. The molecule has 0 radical (unpaired) electrons. The first-order valence-electron chi connectivity index (χ1n) is 8.20. The minimum Gasteiger partial charge on any atom is -0.494 e. The first-order chi connectivity index (χ1) is 10.3. The van der Waals surface area contributed by atoms with Gasteiger partial charge < -0.3 is 9.47 Å². The van der Waals surface area contributed by atoms with Crippen LogP contribution in [0.4, 0.5) is 0 Å². The van der Waals surface area contributed by atoms with E-state index in [-0.39, 0.29) is 6.10 Å². The Bertz CT molecular complexity index is 484. The van der Waals surface area contributed by atoms with Crippen molar-refractivity contribution in [3.8, 4) is 11.5 Å². The normalized spacial score (nSPS) is 21.9. The fraction of sp³-hybridized carbons (Fsp3) is 0.647. The number of ether oxygens (including phenoxy) is 2. The summed E-state index contributed by atoms with van der Waals surface area (Å²) < 4.78 is 11.7. The quantitative estimate of drug-likeness (QED) is 0.904. The van der Waals surface area contributed by atoms with Crippen molar-refractivity contribution in [3.05, 3.63) is 23.3 Å². The molecule has 1 atom stereocenters. The topological polar surface area (TPSA) is 33.7 Å². The molecule has 1 N–H and O–H groups in total. The number of fused-ring (bicyclic) bond motifs is 1. The van der Waals surface area contributed by atoms with Crippen LogP contribution in [0.3, 0.4) is 0 Å². The molecule has 0 bridgehead atoms. The number of nitrogens with zero attached hydrogens (tertiary/aromatic N) is 1. The standard InChI is InChI=1S/C17H26N2O2/c1-3-20-16-10-14-9-13(2)21-17(14)11-15(16)12-18-19-7-5-4-6-8-19/h10-11,13,18H,3-9,12H2,1-2H3. The van der Waals surface area contributed by atoms with Crippen LogP contribution in [0.5, 0.6) is 11.5 Å². The SMILES string of the molecule is CCOc1cc2c(cc1CNN1CCCCC1)OC(C)C2. The van der Waals surface area contributed by atoms with E-state index in [9.17, 15) is 0 Å². The van der Waals surface area contributed by atoms with Crippen LogP contribution in [-0.2, 0) is 13.0 Å². The average Bonchev–Trinajstić information content (AvgIpc) is 2.85. The van der Waals surface area contributed by atoms with Crippen LogP contribution in [-0.4, -0.2) is 30.8 Å². The summed E-state index contributed by atoms with van der Waals surface area (Å²) in [7, 11) is 0. The Balaban J connectivity index is 1.71. The fourth-order valence-electron chi connectivity index (χ4n) is 3.16. The van der Waals surface area contributed by atoms with Gasteiger partial charge in [-0.1, -0.05) is 6.42 Å². The predicted molar refractivity (Wildman–Crippen MR) is 83.7 cm³/mol. The van der Waals surface area contributed by atoms with E-state index in [1.54, 1.807) is 0 Å². The smallest absolute Gasteiger partial charge is 0.124 e. The van der Waals surface area contributed by atoms with Gasteiger partial charge in [0.25, 0.3) is 0 Å². The van der Waals surface area contributed by atoms with Crippen molar-refractivity contribution in [3.63, 3.8) is 0 Å². The van der Waals surface area contributed by atoms with Gasteiger partial charge in [0, 0.05) is 37.2 Å². The lowest BCUT2D eigenvalue weighted by atomic mass is 10.1. The number of benzene rings is 1. The molecule has 4 nitrogen and oxygen atoms in total. The Labute approximate surface area is 127 Å². The summed E-state index contributed by atoms with van der Waals surface area (Å²) >= 11 is 0. The highest BCUT2D eigenvalue weighted by molar-refractivity contribution is 5.48. The highest BCUT2D eigenvalue weighted by Crippen LogP contribution is 2.35. The molecule has 1 saturated heterocycles. The van der Waals surface area contributed by atoms with E-state index in [0.717, 1.165) is 37.6 Å². The van der Waals surface area contributed by atoms with Crippen molar-refractivity contribution in [1.29, 1.82) is 0 Å². The highest BCUT2D eigenvalue weighted by atomic mass is 16.5. The molecule has 1 unspecified atom stereocenters. The van der Waals surface area contributed by atoms with Crippen molar-refractivity contribution in [2.75, 3.05) is 19.7 Å². The fourth-order valence-corrected chi connectivity index (χ4v) is 3.16. The predicted octanol–water partition coefficient (Wildman–Crippen LogP) is 2.90. The molecule has 116 valence electrons. The van der Waals surface area contributed by atoms with Crippen molar-refractivity contribution in [1.82, 2.24) is 10.4 Å². The maximum absolute atomic E-state index is 5.88. The lowest BCUT2D eigenvalue weighted by molar-refractivity contribution is 0.150. The van der Waals surface area contributed by atoms with E-state index in [0.29, 0.717) is 6.61 Å². The van der Waals surface area contributed by atoms with Crippen molar-refractivity contribution < 1.29 is 9.47 Å². The molecule has 0 aromatic heterocycles. The van der Waals surface area contributed by atoms with Crippen LogP contribution in [0.15, 0.2) is 12.1 Å². The van der Waals surface area contributed by atoms with Crippen LogP contribution in [0.2, 0.25) is 0 Å². The molecule has 0 aliphatic carbocycles. The Morgan fingerprint density at radius 1 is 1.29 bits per heavy atom. The van der Waals surface area contributed by atoms with Gasteiger partial charge in [-0.25, -0.2) is 5.01 Å². The van der Waals surface area contributed by atoms with E-state index < -0.39 is 0 Å². The van der Waals surface area contributed by atoms with E-state index in [1.807, 2.05) is 6.92 Å². The molecule has 3 rings (SSSR count). The molecule has 2 heterocycles. The zero-order chi connectivity index (χ0) is 14.7. The number of hydrogen-bond acceptors (Lipinski definition) is 4. The molecule has 1 aromatic carbocycles. The van der Waals surface area contributed by atoms with Gasteiger partial charge in [0.1, 0.15) is 17.6 Å². The molecule has 2 aliphatic heterocycles. The molecule has 2 aliphatic rings. The zero-order valence-corrected chi connectivity index (χ0v) is 13.2. The Morgan fingerprint density at radius 2 is 2.10 bits per heavy atom. The van der Waals surface area contributed by atoms with Gasteiger partial charge in [-0.2, -0.15) is 0 Å². The Kier molecular flexibility index (Phi) is 4.66. The number of rotatable bonds is 5. The van der Waals surface area contributed by atoms with Gasteiger partial charge in [-0.3, -0.25) is 5.43 Å². The maximum atomic E-state index is 5.88. The van der Waals surface area contributed by atoms with Gasteiger partial charge in [0.2, 0.25) is 0 Å². The summed E-state index contributed by atoms with van der Waals surface area (Å²) in [6.45, 7) is 7.94. The maximum Gasteiger partial charge on any atom is 0.124 e. The van der Waals surface area contributed by atoms with Crippen molar-refractivity contribution in [2.45, 2.75) is 52.2 Å². The molecular formula is C17H26N2O2. The lowest BCUT2D eigenvalue weighted by Gasteiger charge is -2.27. The summed E-state index contributed by atoms with van der Waals surface area (Å²) in [5.74, 6) is 2.03. The van der Waals surface area contributed by atoms with E-state index >= 15 is 0 Å². The Morgan fingerprint density at radius 3 is 2.86 bits per heavy atom. The molecule has 1 fully saturated rings. The summed E-state index contributed by atoms with van der Waals surface area (Å²) in [6.07, 6.45) is 5.19. The molecular weight excluding hydrogens is 264 g/mol. The molecule has 1 aromatic rings. The van der Waals surface area contributed by atoms with Crippen LogP contribution < -0.4 is 14.9 Å². The molecule has 0 amide bonds. The second kappa shape index (κ2) is 6.67. The van der Waals surface area contributed by atoms with Crippen LogP contribution in [0, 0.1) is 0 Å². The Hall–Kier alpha value is -1.26. The van der Waals surface area contributed by atoms with Crippen molar-refractivity contribution in [2.24, 2.45) is 0 Å². The first kappa shape index (κ1) is 14.7. The third-order valence-corrected chi connectivity index (χ3v) is 4.23. The third-order valence-electron chi connectivity index (χ3n) is 4.23. The van der Waals surface area contributed by atoms with Gasteiger partial charge in [-0.05, 0) is 38.8 Å². The highest BCUT2D eigenvalue weighted by Gasteiger charge is 2.22. The van der Waals surface area contributed by atoms with E-state index in [4.69, 9.17) is 9.47 Å². The zero-order valence-electron chi connectivity index (χ0n) is 13.2. The number of hydrogen-bond donors (Lipinski definition) is 1. The van der Waals surface area contributed by atoms with Gasteiger partial charge >= 0.3 is 0 Å². The van der Waals surface area contributed by atoms with Crippen LogP contribution in [0.1, 0.15) is 44.2 Å². The third kappa shape index (κ3) is 3.50. The lowest BCUT2D eigenvalue weighted by Crippen LogP contribution is -2.41. The number of piperidine rings is 1. The summed E-state index contributed by atoms with van der Waals surface area (Å²) in [5.41, 5.74) is 6.00. The van der Waals surface area contributed by atoms with Gasteiger partial charge in [0.05, 0.1) is 6.61 Å². The molecule has 21 heavy (non-hydrogen) atoms. The second-order valence-corrected chi connectivity index (χ2v) is 6.02. The van der Waals surface area contributed by atoms with Crippen LogP contribution in [0.25, 0.3) is 0 Å². The van der Waals surface area contributed by atoms with E-state index in [1.165, 1.54) is 30.4 Å². The van der Waals surface area contributed by atoms with Crippen LogP contribution >= 0.6 is 0 Å². The molecule has 0 saturated carbocycles. The van der Waals surface area contributed by atoms with E-state index in [2.05, 4.69) is 29.5 Å². The van der Waals surface area contributed by atoms with Gasteiger partial charge in [0.15, 0.2) is 0 Å².